The summed E-state index contributed by atoms with van der Waals surface area (Å²) in [5.74, 6) is -1.80. The molecule has 1 aromatic rings. The summed E-state index contributed by atoms with van der Waals surface area (Å²) in [4.78, 5) is 33.5. The molecule has 0 unspecified atom stereocenters. The Hall–Kier alpha value is -2.08. The summed E-state index contributed by atoms with van der Waals surface area (Å²) in [6.45, 7) is 1.81. The Labute approximate surface area is 115 Å². The number of halogens is 1. The van der Waals surface area contributed by atoms with Gasteiger partial charge < -0.3 is 16.0 Å². The van der Waals surface area contributed by atoms with E-state index in [2.05, 4.69) is 16.0 Å². The van der Waals surface area contributed by atoms with Crippen LogP contribution in [0.3, 0.4) is 0 Å². The molecule has 0 aliphatic rings. The van der Waals surface area contributed by atoms with E-state index in [4.69, 9.17) is 11.6 Å². The highest BCUT2D eigenvalue weighted by Crippen LogP contribution is 2.19. The van der Waals surface area contributed by atoms with Gasteiger partial charge in [0.15, 0.2) is 0 Å². The fraction of sp³-hybridized carbons (Fsp3) is 0.250. The Morgan fingerprint density at radius 3 is 2.32 bits per heavy atom. The van der Waals surface area contributed by atoms with E-state index in [1.54, 1.807) is 24.3 Å². The lowest BCUT2D eigenvalue weighted by Gasteiger charge is -2.07. The van der Waals surface area contributed by atoms with E-state index in [1.165, 1.54) is 6.92 Å². The van der Waals surface area contributed by atoms with E-state index >= 15 is 0 Å². The first kappa shape index (κ1) is 15.0. The van der Waals surface area contributed by atoms with Gasteiger partial charge in [-0.3, -0.25) is 14.4 Å². The average Bonchev–Trinajstić information content (AvgIpc) is 2.36. The predicted molar refractivity (Wildman–Crippen MR) is 71.8 cm³/mol. The molecule has 3 amide bonds. The summed E-state index contributed by atoms with van der Waals surface area (Å²) >= 11 is 5.84. The summed E-state index contributed by atoms with van der Waals surface area (Å²) in [5, 5.41) is 7.60. The van der Waals surface area contributed by atoms with Crippen LogP contribution in [0.15, 0.2) is 24.3 Å². The van der Waals surface area contributed by atoms with E-state index in [-0.39, 0.29) is 19.0 Å². The van der Waals surface area contributed by atoms with Crippen LogP contribution in [-0.2, 0) is 14.4 Å². The zero-order valence-electron chi connectivity index (χ0n) is 10.3. The molecule has 3 N–H and O–H groups in total. The van der Waals surface area contributed by atoms with Gasteiger partial charge in [-0.05, 0) is 12.1 Å². The molecule has 0 radical (unpaired) electrons. The zero-order valence-corrected chi connectivity index (χ0v) is 11.1. The number of para-hydroxylation sites is 1. The molecule has 0 spiro atoms. The van der Waals surface area contributed by atoms with Crippen molar-refractivity contribution in [2.24, 2.45) is 0 Å². The summed E-state index contributed by atoms with van der Waals surface area (Å²) in [6.07, 6.45) is 0. The van der Waals surface area contributed by atoms with Crippen molar-refractivity contribution in [3.8, 4) is 0 Å². The molecule has 0 saturated carbocycles. The van der Waals surface area contributed by atoms with Crippen LogP contribution in [0, 0.1) is 0 Å². The third kappa shape index (κ3) is 5.39. The van der Waals surface area contributed by atoms with Crippen LogP contribution in [0.25, 0.3) is 0 Å². The summed E-state index contributed by atoms with van der Waals surface area (Å²) in [5.41, 5.74) is 0.367. The van der Waals surface area contributed by atoms with Crippen molar-refractivity contribution in [1.29, 1.82) is 0 Å². The van der Waals surface area contributed by atoms with Crippen molar-refractivity contribution in [2.75, 3.05) is 18.4 Å². The Morgan fingerprint density at radius 1 is 1.05 bits per heavy atom. The number of hydrogen-bond donors (Lipinski definition) is 3. The predicted octanol–water partition coefficient (Wildman–Crippen LogP) is 0.531. The molecule has 6 nitrogen and oxygen atoms in total. The van der Waals surface area contributed by atoms with Gasteiger partial charge in [0.2, 0.25) is 5.91 Å². The van der Waals surface area contributed by atoms with E-state index in [0.29, 0.717) is 10.7 Å². The minimum Gasteiger partial charge on any atom is -0.355 e. The Bertz CT molecular complexity index is 491. The maximum Gasteiger partial charge on any atom is 0.313 e. The van der Waals surface area contributed by atoms with E-state index in [1.807, 2.05) is 0 Å². The normalized spacial score (nSPS) is 9.58. The number of amides is 3. The highest BCUT2D eigenvalue weighted by molar-refractivity contribution is 6.41. The largest absolute Gasteiger partial charge is 0.355 e. The third-order valence-electron chi connectivity index (χ3n) is 2.11. The molecule has 0 aliphatic carbocycles. The summed E-state index contributed by atoms with van der Waals surface area (Å²) in [7, 11) is 0. The van der Waals surface area contributed by atoms with E-state index in [0.717, 1.165) is 0 Å². The highest BCUT2D eigenvalue weighted by atomic mass is 35.5. The van der Waals surface area contributed by atoms with Crippen molar-refractivity contribution in [1.82, 2.24) is 10.6 Å². The molecule has 0 heterocycles. The molecule has 0 fully saturated rings. The molecule has 1 aromatic carbocycles. The first-order chi connectivity index (χ1) is 9.00. The van der Waals surface area contributed by atoms with Crippen molar-refractivity contribution in [3.63, 3.8) is 0 Å². The van der Waals surface area contributed by atoms with Gasteiger partial charge in [0.25, 0.3) is 0 Å². The van der Waals surface area contributed by atoms with E-state index < -0.39 is 11.8 Å². The van der Waals surface area contributed by atoms with Gasteiger partial charge in [-0.1, -0.05) is 23.7 Å². The SMILES string of the molecule is CC(=O)NCCNC(=O)C(=O)Nc1ccccc1Cl. The highest BCUT2D eigenvalue weighted by Gasteiger charge is 2.14. The summed E-state index contributed by atoms with van der Waals surface area (Å²) in [6, 6.07) is 6.60. The molecule has 7 heteroatoms. The summed E-state index contributed by atoms with van der Waals surface area (Å²) < 4.78 is 0. The number of nitrogens with one attached hydrogen (secondary N) is 3. The minimum atomic E-state index is -0.809. The van der Waals surface area contributed by atoms with E-state index in [9.17, 15) is 14.4 Å². The standard InChI is InChI=1S/C12H14ClN3O3/c1-8(17)14-6-7-15-11(18)12(19)16-10-5-3-2-4-9(10)13/h2-5H,6-7H2,1H3,(H,14,17)(H,15,18)(H,16,19). The first-order valence-corrected chi connectivity index (χ1v) is 5.96. The number of carbonyl (C=O) groups excluding carboxylic acids is 3. The van der Waals surface area contributed by atoms with Gasteiger partial charge in [-0.2, -0.15) is 0 Å². The lowest BCUT2D eigenvalue weighted by atomic mass is 10.3. The topological polar surface area (TPSA) is 87.3 Å². The van der Waals surface area contributed by atoms with Crippen LogP contribution in [-0.4, -0.2) is 30.8 Å². The lowest BCUT2D eigenvalue weighted by molar-refractivity contribution is -0.136. The number of hydrogen-bond acceptors (Lipinski definition) is 3. The van der Waals surface area contributed by atoms with Crippen LogP contribution in [0.4, 0.5) is 5.69 Å². The molecule has 1 rings (SSSR count). The fourth-order valence-electron chi connectivity index (χ4n) is 1.24. The maximum absolute atomic E-state index is 11.5. The molecule has 102 valence electrons. The second-order valence-corrected chi connectivity index (χ2v) is 4.08. The fourth-order valence-corrected chi connectivity index (χ4v) is 1.42. The van der Waals surface area contributed by atoms with Gasteiger partial charge in [-0.25, -0.2) is 0 Å². The molecule has 0 saturated heterocycles. The van der Waals surface area contributed by atoms with Gasteiger partial charge in [0, 0.05) is 20.0 Å². The maximum atomic E-state index is 11.5. The number of benzene rings is 1. The molecule has 0 atom stereocenters. The van der Waals surface area contributed by atoms with Gasteiger partial charge in [-0.15, -0.1) is 0 Å². The van der Waals surface area contributed by atoms with Crippen LogP contribution in [0.1, 0.15) is 6.92 Å². The number of anilines is 1. The first-order valence-electron chi connectivity index (χ1n) is 5.59. The minimum absolute atomic E-state index is 0.175. The molecular weight excluding hydrogens is 270 g/mol. The Balaban J connectivity index is 2.39. The van der Waals surface area contributed by atoms with Crippen LogP contribution in [0.2, 0.25) is 5.02 Å². The second-order valence-electron chi connectivity index (χ2n) is 3.67. The van der Waals surface area contributed by atoms with Crippen molar-refractivity contribution in [2.45, 2.75) is 6.92 Å². The zero-order chi connectivity index (χ0) is 14.3. The Morgan fingerprint density at radius 2 is 1.68 bits per heavy atom. The van der Waals surface area contributed by atoms with Crippen molar-refractivity contribution < 1.29 is 14.4 Å². The quantitative estimate of drug-likeness (QED) is 0.556. The average molecular weight is 284 g/mol. The lowest BCUT2D eigenvalue weighted by Crippen LogP contribution is -2.39. The number of carbonyl (C=O) groups is 3. The molecule has 0 bridgehead atoms. The molecular formula is C12H14ClN3O3. The van der Waals surface area contributed by atoms with Crippen molar-refractivity contribution >= 4 is 35.0 Å². The Kier molecular flexibility index (Phi) is 5.81. The second kappa shape index (κ2) is 7.38. The van der Waals surface area contributed by atoms with Crippen LogP contribution < -0.4 is 16.0 Å². The van der Waals surface area contributed by atoms with Gasteiger partial charge in [0.05, 0.1) is 10.7 Å². The van der Waals surface area contributed by atoms with Crippen LogP contribution >= 0.6 is 11.6 Å². The molecule has 0 aliphatic heterocycles. The number of rotatable bonds is 4. The van der Waals surface area contributed by atoms with Crippen molar-refractivity contribution in [3.05, 3.63) is 29.3 Å². The monoisotopic (exact) mass is 283 g/mol. The van der Waals surface area contributed by atoms with Gasteiger partial charge in [0.1, 0.15) is 0 Å². The smallest absolute Gasteiger partial charge is 0.313 e. The molecule has 19 heavy (non-hydrogen) atoms. The third-order valence-corrected chi connectivity index (χ3v) is 2.44. The van der Waals surface area contributed by atoms with Gasteiger partial charge >= 0.3 is 11.8 Å². The van der Waals surface area contributed by atoms with Crippen LogP contribution in [0.5, 0.6) is 0 Å². The molecule has 0 aromatic heterocycles.